The van der Waals surface area contributed by atoms with Crippen molar-refractivity contribution in [2.24, 2.45) is 0 Å². The molecule has 1 amide bonds. The highest BCUT2D eigenvalue weighted by Crippen LogP contribution is 2.14. The first-order chi connectivity index (χ1) is 13.8. The third-order valence-electron chi connectivity index (χ3n) is 4.69. The van der Waals surface area contributed by atoms with E-state index in [0.717, 1.165) is 25.3 Å². The molecule has 0 bridgehead atoms. The van der Waals surface area contributed by atoms with Crippen molar-refractivity contribution in [1.82, 2.24) is 19.8 Å². The van der Waals surface area contributed by atoms with E-state index in [4.69, 9.17) is 0 Å². The molecule has 0 spiro atoms. The van der Waals surface area contributed by atoms with Gasteiger partial charge in [0.1, 0.15) is 5.69 Å². The van der Waals surface area contributed by atoms with E-state index < -0.39 is 0 Å². The summed E-state index contributed by atoms with van der Waals surface area (Å²) in [5.74, 6) is 0.484. The lowest BCUT2D eigenvalue weighted by Gasteiger charge is -2.34. The van der Waals surface area contributed by atoms with Gasteiger partial charge in [0.05, 0.1) is 0 Å². The summed E-state index contributed by atoms with van der Waals surface area (Å²) in [5.41, 5.74) is 2.30. The Morgan fingerprint density at radius 3 is 2.45 bits per heavy atom. The molecule has 2 heterocycles. The molecule has 0 aliphatic carbocycles. The maximum atomic E-state index is 13.0. The highest BCUT2D eigenvalue weighted by Gasteiger charge is 2.23. The number of benzene rings is 1. The summed E-state index contributed by atoms with van der Waals surface area (Å²) in [7, 11) is 0. The van der Waals surface area contributed by atoms with E-state index in [1.807, 2.05) is 50.8 Å². The van der Waals surface area contributed by atoms with Gasteiger partial charge in [0.15, 0.2) is 0 Å². The van der Waals surface area contributed by atoms with Gasteiger partial charge in [-0.3, -0.25) is 9.69 Å². The molecule has 0 atom stereocenters. The summed E-state index contributed by atoms with van der Waals surface area (Å²) < 4.78 is 0. The van der Waals surface area contributed by atoms with E-state index in [2.05, 4.69) is 44.5 Å². The zero-order valence-electron chi connectivity index (χ0n) is 17.9. The van der Waals surface area contributed by atoms with Crippen molar-refractivity contribution in [3.8, 4) is 0 Å². The Labute approximate surface area is 173 Å². The van der Waals surface area contributed by atoms with Crippen LogP contribution in [0.3, 0.4) is 0 Å². The normalized spacial score (nSPS) is 15.7. The smallest absolute Gasteiger partial charge is 0.272 e. The molecule has 1 aromatic carbocycles. The summed E-state index contributed by atoms with van der Waals surface area (Å²) in [6.45, 7) is 12.1. The monoisotopic (exact) mass is 393 g/mol. The van der Waals surface area contributed by atoms with Gasteiger partial charge < -0.3 is 10.2 Å². The minimum Gasteiger partial charge on any atom is -0.350 e. The zero-order chi connectivity index (χ0) is 20.9. The first kappa shape index (κ1) is 21.0. The van der Waals surface area contributed by atoms with Crippen molar-refractivity contribution in [3.63, 3.8) is 0 Å². The first-order valence-electron chi connectivity index (χ1n) is 10.2. The Balaban J connectivity index is 1.55. The molecule has 3 rings (SSSR count). The number of aryl methyl sites for hydroxylation is 1. The van der Waals surface area contributed by atoms with Gasteiger partial charge in [-0.25, -0.2) is 9.97 Å². The average Bonchev–Trinajstić information content (AvgIpc) is 2.67. The number of piperazine rings is 1. The molecule has 0 unspecified atom stereocenters. The molecule has 6 nitrogen and oxygen atoms in total. The fraction of sp³-hybridized carbons (Fsp3) is 0.435. The largest absolute Gasteiger partial charge is 0.350 e. The Morgan fingerprint density at radius 2 is 1.79 bits per heavy atom. The lowest BCUT2D eigenvalue weighted by Crippen LogP contribution is -2.48. The number of rotatable bonds is 5. The number of carbonyl (C=O) groups is 1. The van der Waals surface area contributed by atoms with Crippen LogP contribution < -0.4 is 5.32 Å². The van der Waals surface area contributed by atoms with E-state index in [-0.39, 0.29) is 11.4 Å². The average molecular weight is 394 g/mol. The van der Waals surface area contributed by atoms with E-state index in [1.54, 1.807) is 6.07 Å². The van der Waals surface area contributed by atoms with E-state index in [1.165, 1.54) is 5.56 Å². The van der Waals surface area contributed by atoms with Crippen LogP contribution in [0.15, 0.2) is 42.5 Å². The van der Waals surface area contributed by atoms with Crippen LogP contribution in [-0.2, 0) is 0 Å². The lowest BCUT2D eigenvalue weighted by molar-refractivity contribution is 0.0644. The molecule has 29 heavy (non-hydrogen) atoms. The second-order valence-electron chi connectivity index (χ2n) is 8.50. The van der Waals surface area contributed by atoms with Crippen LogP contribution in [-0.4, -0.2) is 63.9 Å². The van der Waals surface area contributed by atoms with Crippen LogP contribution in [0.5, 0.6) is 0 Å². The standard InChI is InChI=1S/C23H31N5O/c1-18-17-20(25-22(24-18)26-23(2,3)4)21(29)28-15-13-27(14-16-28)12-8-11-19-9-6-5-7-10-19/h5-11,17H,12-16H2,1-4H3,(H,24,25,26)/b11-8+. The van der Waals surface area contributed by atoms with Crippen LogP contribution in [0.25, 0.3) is 6.08 Å². The Hall–Kier alpha value is -2.73. The van der Waals surface area contributed by atoms with Gasteiger partial charge in [0.25, 0.3) is 5.91 Å². The summed E-state index contributed by atoms with van der Waals surface area (Å²) in [4.78, 5) is 26.1. The zero-order valence-corrected chi connectivity index (χ0v) is 17.9. The molecule has 1 N–H and O–H groups in total. The van der Waals surface area contributed by atoms with Gasteiger partial charge in [0, 0.05) is 44.0 Å². The lowest BCUT2D eigenvalue weighted by atomic mass is 10.1. The highest BCUT2D eigenvalue weighted by molar-refractivity contribution is 5.92. The third-order valence-corrected chi connectivity index (χ3v) is 4.69. The van der Waals surface area contributed by atoms with Crippen LogP contribution in [0, 0.1) is 6.92 Å². The van der Waals surface area contributed by atoms with Crippen LogP contribution in [0.1, 0.15) is 42.5 Å². The van der Waals surface area contributed by atoms with E-state index in [0.29, 0.717) is 24.7 Å². The number of nitrogens with zero attached hydrogens (tertiary/aromatic N) is 4. The predicted octanol–water partition coefficient (Wildman–Crippen LogP) is 3.47. The number of carbonyl (C=O) groups excluding carboxylic acids is 1. The molecule has 154 valence electrons. The highest BCUT2D eigenvalue weighted by atomic mass is 16.2. The van der Waals surface area contributed by atoms with Gasteiger partial charge in [-0.1, -0.05) is 42.5 Å². The molecule has 1 fully saturated rings. The molecule has 2 aromatic rings. The summed E-state index contributed by atoms with van der Waals surface area (Å²) >= 11 is 0. The van der Waals surface area contributed by atoms with Crippen molar-refractivity contribution in [2.75, 3.05) is 38.0 Å². The minimum atomic E-state index is -0.160. The van der Waals surface area contributed by atoms with Crippen molar-refractivity contribution >= 4 is 17.9 Å². The number of hydrogen-bond acceptors (Lipinski definition) is 5. The Morgan fingerprint density at radius 1 is 1.10 bits per heavy atom. The Kier molecular flexibility index (Phi) is 6.64. The fourth-order valence-corrected chi connectivity index (χ4v) is 3.27. The first-order valence-corrected chi connectivity index (χ1v) is 10.2. The number of aromatic nitrogens is 2. The summed E-state index contributed by atoms with van der Waals surface area (Å²) in [5, 5.41) is 3.26. The van der Waals surface area contributed by atoms with Crippen molar-refractivity contribution in [1.29, 1.82) is 0 Å². The maximum Gasteiger partial charge on any atom is 0.272 e. The summed E-state index contributed by atoms with van der Waals surface area (Å²) in [6.07, 6.45) is 4.33. The molecule has 0 saturated carbocycles. The third kappa shape index (κ3) is 6.39. The molecular formula is C23H31N5O. The number of nitrogens with one attached hydrogen (secondary N) is 1. The van der Waals surface area contributed by atoms with Crippen molar-refractivity contribution < 1.29 is 4.79 Å². The van der Waals surface area contributed by atoms with E-state index in [9.17, 15) is 4.79 Å². The van der Waals surface area contributed by atoms with Crippen LogP contribution in [0.2, 0.25) is 0 Å². The predicted molar refractivity (Wildman–Crippen MR) is 118 cm³/mol. The number of anilines is 1. The second-order valence-corrected chi connectivity index (χ2v) is 8.50. The van der Waals surface area contributed by atoms with Crippen molar-refractivity contribution in [3.05, 3.63) is 59.4 Å². The number of amides is 1. The second kappa shape index (κ2) is 9.18. The fourth-order valence-electron chi connectivity index (χ4n) is 3.27. The van der Waals surface area contributed by atoms with Gasteiger partial charge >= 0.3 is 0 Å². The number of hydrogen-bond donors (Lipinski definition) is 1. The summed E-state index contributed by atoms with van der Waals surface area (Å²) in [6, 6.07) is 12.1. The Bertz CT molecular complexity index is 849. The topological polar surface area (TPSA) is 61.4 Å². The quantitative estimate of drug-likeness (QED) is 0.843. The van der Waals surface area contributed by atoms with Gasteiger partial charge in [-0.15, -0.1) is 0 Å². The molecule has 1 aliphatic rings. The van der Waals surface area contributed by atoms with Gasteiger partial charge in [-0.2, -0.15) is 0 Å². The molecule has 1 saturated heterocycles. The van der Waals surface area contributed by atoms with Gasteiger partial charge in [-0.05, 0) is 39.3 Å². The molecule has 1 aromatic heterocycles. The molecular weight excluding hydrogens is 362 g/mol. The minimum absolute atomic E-state index is 0.0214. The molecule has 1 aliphatic heterocycles. The van der Waals surface area contributed by atoms with Crippen LogP contribution >= 0.6 is 0 Å². The molecule has 0 radical (unpaired) electrons. The SMILES string of the molecule is Cc1cc(C(=O)N2CCN(C/C=C/c3ccccc3)CC2)nc(NC(C)(C)C)n1. The van der Waals surface area contributed by atoms with Gasteiger partial charge in [0.2, 0.25) is 5.95 Å². The molecule has 6 heteroatoms. The maximum absolute atomic E-state index is 13.0. The van der Waals surface area contributed by atoms with Crippen LogP contribution in [0.4, 0.5) is 5.95 Å². The van der Waals surface area contributed by atoms with Crippen molar-refractivity contribution in [2.45, 2.75) is 33.2 Å². The van der Waals surface area contributed by atoms with E-state index >= 15 is 0 Å².